The topological polar surface area (TPSA) is 72.9 Å². The van der Waals surface area contributed by atoms with Gasteiger partial charge in [-0.25, -0.2) is 4.98 Å². The molecule has 0 radical (unpaired) electrons. The van der Waals surface area contributed by atoms with Gasteiger partial charge in [-0.1, -0.05) is 12.1 Å². The first-order valence-corrected chi connectivity index (χ1v) is 5.95. The zero-order valence-corrected chi connectivity index (χ0v) is 10.9. The summed E-state index contributed by atoms with van der Waals surface area (Å²) in [6.07, 6.45) is 0. The van der Waals surface area contributed by atoms with Gasteiger partial charge in [0, 0.05) is 7.05 Å². The van der Waals surface area contributed by atoms with E-state index in [-0.39, 0.29) is 5.91 Å². The highest BCUT2D eigenvalue weighted by atomic mass is 16.2. The molecule has 1 atom stereocenters. The summed E-state index contributed by atoms with van der Waals surface area (Å²) in [4.78, 5) is 15.9. The molecule has 0 aliphatic heterocycles. The van der Waals surface area contributed by atoms with Crippen LogP contribution in [0.1, 0.15) is 18.3 Å². The van der Waals surface area contributed by atoms with Crippen LogP contribution in [0.4, 0.5) is 0 Å². The molecule has 1 unspecified atom stereocenters. The molecule has 5 heteroatoms. The second-order valence-corrected chi connectivity index (χ2v) is 4.54. The predicted octanol–water partition coefficient (Wildman–Crippen LogP) is 0.845. The van der Waals surface area contributed by atoms with E-state index in [0.717, 1.165) is 16.9 Å². The van der Waals surface area contributed by atoms with Crippen molar-refractivity contribution in [2.24, 2.45) is 12.8 Å². The first-order chi connectivity index (χ1) is 8.50. The van der Waals surface area contributed by atoms with Gasteiger partial charge in [-0.15, -0.1) is 0 Å². The summed E-state index contributed by atoms with van der Waals surface area (Å²) in [6, 6.07) is 5.50. The van der Waals surface area contributed by atoms with Gasteiger partial charge >= 0.3 is 0 Å². The second kappa shape index (κ2) is 4.78. The minimum absolute atomic E-state index is 0.168. The van der Waals surface area contributed by atoms with Gasteiger partial charge in [0.2, 0.25) is 5.91 Å². The number of fused-ring (bicyclic) bond motifs is 1. The van der Waals surface area contributed by atoms with Crippen LogP contribution in [0.25, 0.3) is 11.0 Å². The average molecular weight is 246 g/mol. The Morgan fingerprint density at radius 2 is 2.28 bits per heavy atom. The van der Waals surface area contributed by atoms with Crippen molar-refractivity contribution in [2.45, 2.75) is 26.4 Å². The minimum atomic E-state index is -0.499. The number of nitrogens with one attached hydrogen (secondary N) is 1. The van der Waals surface area contributed by atoms with Gasteiger partial charge in [0.15, 0.2) is 0 Å². The van der Waals surface area contributed by atoms with Crippen LogP contribution in [0.3, 0.4) is 0 Å². The fourth-order valence-electron chi connectivity index (χ4n) is 2.00. The van der Waals surface area contributed by atoms with Crippen LogP contribution >= 0.6 is 0 Å². The maximum atomic E-state index is 11.4. The quantitative estimate of drug-likeness (QED) is 0.843. The van der Waals surface area contributed by atoms with Crippen molar-refractivity contribution >= 4 is 16.9 Å². The maximum Gasteiger partial charge on any atom is 0.237 e. The SMILES string of the molecule is Cc1cccc2nc(CNC(=O)C(C)N)n(C)c12. The van der Waals surface area contributed by atoms with Crippen LogP contribution in [0.15, 0.2) is 18.2 Å². The van der Waals surface area contributed by atoms with E-state index >= 15 is 0 Å². The van der Waals surface area contributed by atoms with Gasteiger partial charge in [-0.2, -0.15) is 0 Å². The number of hydrogen-bond acceptors (Lipinski definition) is 3. The second-order valence-electron chi connectivity index (χ2n) is 4.54. The van der Waals surface area contributed by atoms with E-state index < -0.39 is 6.04 Å². The molecule has 0 spiro atoms. The van der Waals surface area contributed by atoms with Crippen LogP contribution in [0.2, 0.25) is 0 Å². The Hall–Kier alpha value is -1.88. The third kappa shape index (κ3) is 2.22. The lowest BCUT2D eigenvalue weighted by Crippen LogP contribution is -2.38. The Kier molecular flexibility index (Phi) is 3.34. The van der Waals surface area contributed by atoms with Crippen LogP contribution in [-0.2, 0) is 18.4 Å². The lowest BCUT2D eigenvalue weighted by atomic mass is 10.2. The summed E-state index contributed by atoms with van der Waals surface area (Å²) in [5, 5.41) is 2.77. The first kappa shape index (κ1) is 12.6. The minimum Gasteiger partial charge on any atom is -0.348 e. The molecular formula is C13H18N4O. The van der Waals surface area contributed by atoms with Crippen molar-refractivity contribution in [1.82, 2.24) is 14.9 Å². The number of rotatable bonds is 3. The highest BCUT2D eigenvalue weighted by molar-refractivity contribution is 5.81. The van der Waals surface area contributed by atoms with Crippen molar-refractivity contribution in [3.8, 4) is 0 Å². The smallest absolute Gasteiger partial charge is 0.237 e. The molecule has 3 N–H and O–H groups in total. The number of aromatic nitrogens is 2. The molecule has 1 heterocycles. The average Bonchev–Trinajstić information content (AvgIpc) is 2.64. The molecule has 2 rings (SSSR count). The van der Waals surface area contributed by atoms with Gasteiger partial charge in [0.25, 0.3) is 0 Å². The zero-order valence-electron chi connectivity index (χ0n) is 10.9. The first-order valence-electron chi connectivity index (χ1n) is 5.95. The van der Waals surface area contributed by atoms with E-state index in [9.17, 15) is 4.79 Å². The highest BCUT2D eigenvalue weighted by Gasteiger charge is 2.11. The lowest BCUT2D eigenvalue weighted by molar-refractivity contribution is -0.122. The number of nitrogens with two attached hydrogens (primary N) is 1. The summed E-state index contributed by atoms with van der Waals surface area (Å²) in [5.74, 6) is 0.659. The maximum absolute atomic E-state index is 11.4. The molecule has 2 aromatic rings. The van der Waals surface area contributed by atoms with E-state index in [0.29, 0.717) is 6.54 Å². The van der Waals surface area contributed by atoms with Crippen LogP contribution in [-0.4, -0.2) is 21.5 Å². The summed E-state index contributed by atoms with van der Waals surface area (Å²) in [5.41, 5.74) is 8.72. The molecule has 0 saturated heterocycles. The number of benzene rings is 1. The summed E-state index contributed by atoms with van der Waals surface area (Å²) in [7, 11) is 1.95. The summed E-state index contributed by atoms with van der Waals surface area (Å²) < 4.78 is 2.01. The number of aryl methyl sites for hydroxylation is 2. The third-order valence-electron chi connectivity index (χ3n) is 3.02. The van der Waals surface area contributed by atoms with E-state index in [2.05, 4.69) is 10.3 Å². The van der Waals surface area contributed by atoms with Crippen LogP contribution < -0.4 is 11.1 Å². The molecule has 1 aromatic heterocycles. The van der Waals surface area contributed by atoms with Crippen LogP contribution in [0, 0.1) is 6.92 Å². The monoisotopic (exact) mass is 246 g/mol. The predicted molar refractivity (Wildman–Crippen MR) is 70.9 cm³/mol. The Labute approximate surface area is 106 Å². The molecule has 0 saturated carbocycles. The van der Waals surface area contributed by atoms with Crippen molar-refractivity contribution < 1.29 is 4.79 Å². The van der Waals surface area contributed by atoms with Crippen molar-refractivity contribution in [1.29, 1.82) is 0 Å². The number of nitrogens with zero attached hydrogens (tertiary/aromatic N) is 2. The number of carbonyl (C=O) groups is 1. The molecule has 18 heavy (non-hydrogen) atoms. The molecule has 1 amide bonds. The van der Waals surface area contributed by atoms with E-state index in [1.54, 1.807) is 6.92 Å². The number of para-hydroxylation sites is 1. The summed E-state index contributed by atoms with van der Waals surface area (Å²) in [6.45, 7) is 4.10. The Bertz CT molecular complexity index is 586. The van der Waals surface area contributed by atoms with Gasteiger partial charge in [-0.05, 0) is 25.5 Å². The summed E-state index contributed by atoms with van der Waals surface area (Å²) >= 11 is 0. The number of carbonyl (C=O) groups excluding carboxylic acids is 1. The standard InChI is InChI=1S/C13H18N4O/c1-8-5-4-6-10-12(8)17(3)11(16-10)7-15-13(18)9(2)14/h4-6,9H,7,14H2,1-3H3,(H,15,18). The number of imidazole rings is 1. The molecule has 0 fully saturated rings. The van der Waals surface area contributed by atoms with Gasteiger partial charge in [-0.3, -0.25) is 4.79 Å². The van der Waals surface area contributed by atoms with Crippen molar-refractivity contribution in [2.75, 3.05) is 0 Å². The normalized spacial score (nSPS) is 12.7. The third-order valence-corrected chi connectivity index (χ3v) is 3.02. The number of amides is 1. The van der Waals surface area contributed by atoms with E-state index in [1.807, 2.05) is 36.7 Å². The lowest BCUT2D eigenvalue weighted by Gasteiger charge is -2.07. The Balaban J connectivity index is 2.27. The molecular weight excluding hydrogens is 228 g/mol. The fraction of sp³-hybridized carbons (Fsp3) is 0.385. The van der Waals surface area contributed by atoms with Gasteiger partial charge in [0.1, 0.15) is 5.82 Å². The fourth-order valence-corrected chi connectivity index (χ4v) is 2.00. The van der Waals surface area contributed by atoms with Gasteiger partial charge < -0.3 is 15.6 Å². The highest BCUT2D eigenvalue weighted by Crippen LogP contribution is 2.18. The van der Waals surface area contributed by atoms with Crippen molar-refractivity contribution in [3.05, 3.63) is 29.6 Å². The molecule has 0 bridgehead atoms. The Morgan fingerprint density at radius 3 is 2.89 bits per heavy atom. The zero-order chi connectivity index (χ0) is 13.3. The number of hydrogen-bond donors (Lipinski definition) is 2. The van der Waals surface area contributed by atoms with Crippen molar-refractivity contribution in [3.63, 3.8) is 0 Å². The Morgan fingerprint density at radius 1 is 1.56 bits per heavy atom. The van der Waals surface area contributed by atoms with Crippen LogP contribution in [0.5, 0.6) is 0 Å². The van der Waals surface area contributed by atoms with E-state index in [4.69, 9.17) is 5.73 Å². The largest absolute Gasteiger partial charge is 0.348 e. The molecule has 96 valence electrons. The molecule has 0 aliphatic carbocycles. The molecule has 5 nitrogen and oxygen atoms in total. The molecule has 1 aromatic carbocycles. The molecule has 0 aliphatic rings. The van der Waals surface area contributed by atoms with E-state index in [1.165, 1.54) is 5.56 Å². The van der Waals surface area contributed by atoms with Gasteiger partial charge in [0.05, 0.1) is 23.6 Å².